The predicted molar refractivity (Wildman–Crippen MR) is 136 cm³/mol. The third kappa shape index (κ3) is 5.45. The normalized spacial score (nSPS) is 22.7. The van der Waals surface area contributed by atoms with Crippen molar-refractivity contribution in [1.82, 2.24) is 20.2 Å². The van der Waals surface area contributed by atoms with Gasteiger partial charge in [0.25, 0.3) is 5.91 Å². The summed E-state index contributed by atoms with van der Waals surface area (Å²) >= 11 is 1.47. The minimum atomic E-state index is -4.56. The van der Waals surface area contributed by atoms with Gasteiger partial charge in [0.2, 0.25) is 5.91 Å². The molecule has 3 heterocycles. The summed E-state index contributed by atoms with van der Waals surface area (Å²) < 4.78 is 39.7. The van der Waals surface area contributed by atoms with Crippen molar-refractivity contribution in [3.63, 3.8) is 0 Å². The van der Waals surface area contributed by atoms with Crippen molar-refractivity contribution in [1.29, 1.82) is 0 Å². The number of primary amides is 1. The monoisotopic (exact) mass is 548 g/mol. The van der Waals surface area contributed by atoms with E-state index in [0.717, 1.165) is 29.9 Å². The number of nitrogens with one attached hydrogen (secondary N) is 2. The molecule has 9 nitrogen and oxygen atoms in total. The number of rotatable bonds is 7. The average molecular weight is 549 g/mol. The van der Waals surface area contributed by atoms with Gasteiger partial charge >= 0.3 is 6.18 Å². The van der Waals surface area contributed by atoms with Crippen LogP contribution in [-0.2, 0) is 16.6 Å². The molecular formula is C25H27F3N6O3S. The molecule has 13 heteroatoms. The molecule has 1 aliphatic heterocycles. The zero-order valence-corrected chi connectivity index (χ0v) is 21.1. The van der Waals surface area contributed by atoms with Gasteiger partial charge in [-0.25, -0.2) is 4.98 Å². The Hall–Kier alpha value is -3.29. The maximum atomic E-state index is 13.2. The number of thiazole rings is 1. The van der Waals surface area contributed by atoms with Crippen LogP contribution >= 0.6 is 11.3 Å². The molecule has 202 valence electrons. The van der Waals surface area contributed by atoms with Gasteiger partial charge in [0.15, 0.2) is 0 Å². The van der Waals surface area contributed by atoms with E-state index < -0.39 is 23.2 Å². The fourth-order valence-corrected chi connectivity index (χ4v) is 5.95. The zero-order valence-electron chi connectivity index (χ0n) is 20.3. The maximum Gasteiger partial charge on any atom is 0.416 e. The second-order valence-corrected chi connectivity index (χ2v) is 10.7. The standard InChI is InChI=1S/C25H27F3N6O3S/c26-25(27,28)14-1-2-18-17(7-14)19(8-20(33-18)23(29)36)31-10-22(35)32-15-11-34(12-15)16-3-5-24(37,6-4-16)21-9-30-13-38-21/h1-2,7-9,13,15-16,37H,3-6,10-12H2,(H2,29,36)(H,31,33)(H,32,35)/t16-,24-. The molecule has 0 bridgehead atoms. The van der Waals surface area contributed by atoms with Gasteiger partial charge in [0, 0.05) is 36.4 Å². The van der Waals surface area contributed by atoms with Crippen LogP contribution in [0, 0.1) is 0 Å². The van der Waals surface area contributed by atoms with Gasteiger partial charge < -0.3 is 21.5 Å². The first-order valence-electron chi connectivity index (χ1n) is 12.2. The molecule has 1 saturated heterocycles. The second kappa shape index (κ2) is 10.1. The van der Waals surface area contributed by atoms with Crippen molar-refractivity contribution in [2.45, 2.75) is 49.5 Å². The molecule has 5 N–H and O–H groups in total. The van der Waals surface area contributed by atoms with Crippen molar-refractivity contribution in [3.05, 3.63) is 52.1 Å². The number of carbonyl (C=O) groups excluding carboxylic acids is 2. The van der Waals surface area contributed by atoms with Crippen LogP contribution in [0.4, 0.5) is 18.9 Å². The Kier molecular flexibility index (Phi) is 7.01. The number of fused-ring (bicyclic) bond motifs is 1. The van der Waals surface area contributed by atoms with Crippen LogP contribution in [0.2, 0.25) is 0 Å². The molecule has 0 unspecified atom stereocenters. The quantitative estimate of drug-likeness (QED) is 0.357. The minimum absolute atomic E-state index is 0.0428. The third-order valence-electron chi connectivity index (χ3n) is 7.29. The number of nitrogens with two attached hydrogens (primary N) is 1. The lowest BCUT2D eigenvalue weighted by atomic mass is 9.80. The average Bonchev–Trinajstić information content (AvgIpc) is 3.40. The Labute approximate surface area is 220 Å². The van der Waals surface area contributed by atoms with E-state index in [-0.39, 0.29) is 40.8 Å². The van der Waals surface area contributed by atoms with Crippen LogP contribution < -0.4 is 16.4 Å². The molecule has 1 saturated carbocycles. The van der Waals surface area contributed by atoms with E-state index in [2.05, 4.69) is 25.5 Å². The second-order valence-electron chi connectivity index (χ2n) is 9.85. The summed E-state index contributed by atoms with van der Waals surface area (Å²) in [6, 6.07) is 4.52. The Balaban J connectivity index is 1.15. The molecule has 1 aliphatic carbocycles. The largest absolute Gasteiger partial charge is 0.416 e. The Bertz CT molecular complexity index is 1340. The SMILES string of the molecule is NC(=O)c1cc(NCC(=O)NC2CN([C@H]3CC[C@@](O)(c4cncs4)CC3)C2)c2cc(C(F)(F)F)ccc2n1. The Morgan fingerprint density at radius 3 is 2.58 bits per heavy atom. The highest BCUT2D eigenvalue weighted by molar-refractivity contribution is 7.09. The van der Waals surface area contributed by atoms with Crippen LogP contribution in [0.3, 0.4) is 0 Å². The summed E-state index contributed by atoms with van der Waals surface area (Å²) in [6.45, 7) is 1.18. The molecule has 5 rings (SSSR count). The van der Waals surface area contributed by atoms with Gasteiger partial charge in [-0.05, 0) is 49.9 Å². The van der Waals surface area contributed by atoms with E-state index in [1.807, 2.05) is 0 Å². The van der Waals surface area contributed by atoms with Crippen molar-refractivity contribution in [3.8, 4) is 0 Å². The number of anilines is 1. The first kappa shape index (κ1) is 26.3. The number of aromatic nitrogens is 2. The zero-order chi connectivity index (χ0) is 27.1. The highest BCUT2D eigenvalue weighted by atomic mass is 32.1. The van der Waals surface area contributed by atoms with Crippen molar-refractivity contribution >= 4 is 39.7 Å². The summed E-state index contributed by atoms with van der Waals surface area (Å²) in [7, 11) is 0. The molecule has 2 aromatic heterocycles. The Morgan fingerprint density at radius 1 is 1.21 bits per heavy atom. The number of nitrogens with zero attached hydrogens (tertiary/aromatic N) is 3. The lowest BCUT2D eigenvalue weighted by Gasteiger charge is -2.48. The minimum Gasteiger partial charge on any atom is -0.384 e. The van der Waals surface area contributed by atoms with E-state index in [9.17, 15) is 27.9 Å². The summed E-state index contributed by atoms with van der Waals surface area (Å²) in [5.41, 5.74) is 5.57. The summed E-state index contributed by atoms with van der Waals surface area (Å²) in [5, 5.41) is 16.8. The molecule has 0 atom stereocenters. The molecule has 0 radical (unpaired) electrons. The number of benzene rings is 1. The van der Waals surface area contributed by atoms with E-state index >= 15 is 0 Å². The molecule has 38 heavy (non-hydrogen) atoms. The lowest BCUT2D eigenvalue weighted by molar-refractivity contribution is -0.137. The topological polar surface area (TPSA) is 133 Å². The van der Waals surface area contributed by atoms with Gasteiger partial charge in [0.05, 0.1) is 34.1 Å². The predicted octanol–water partition coefficient (Wildman–Crippen LogP) is 2.85. The highest BCUT2D eigenvalue weighted by Gasteiger charge is 2.41. The highest BCUT2D eigenvalue weighted by Crippen LogP contribution is 2.41. The smallest absolute Gasteiger partial charge is 0.384 e. The molecular weight excluding hydrogens is 521 g/mol. The van der Waals surface area contributed by atoms with E-state index in [0.29, 0.717) is 32.0 Å². The number of halogens is 3. The van der Waals surface area contributed by atoms with Crippen molar-refractivity contribution < 1.29 is 27.9 Å². The van der Waals surface area contributed by atoms with E-state index in [1.165, 1.54) is 23.5 Å². The Morgan fingerprint density at radius 2 is 1.95 bits per heavy atom. The molecule has 2 aliphatic rings. The van der Waals surface area contributed by atoms with Crippen LogP contribution in [0.1, 0.15) is 46.6 Å². The number of carbonyl (C=O) groups is 2. The lowest BCUT2D eigenvalue weighted by Crippen LogP contribution is -2.63. The molecule has 3 aromatic rings. The van der Waals surface area contributed by atoms with Crippen molar-refractivity contribution in [2.75, 3.05) is 25.0 Å². The van der Waals surface area contributed by atoms with Gasteiger partial charge in [-0.3, -0.25) is 19.5 Å². The summed E-state index contributed by atoms with van der Waals surface area (Å²) in [6.07, 6.45) is 0.217. The molecule has 2 fully saturated rings. The van der Waals surface area contributed by atoms with Gasteiger partial charge in [-0.1, -0.05) is 0 Å². The maximum absolute atomic E-state index is 13.2. The number of amides is 2. The first-order valence-corrected chi connectivity index (χ1v) is 13.1. The third-order valence-corrected chi connectivity index (χ3v) is 8.26. The molecule has 2 amide bonds. The first-order chi connectivity index (χ1) is 18.0. The number of alkyl halides is 3. The number of pyridine rings is 1. The number of hydrogen-bond donors (Lipinski definition) is 4. The van der Waals surface area contributed by atoms with Gasteiger partial charge in [0.1, 0.15) is 11.3 Å². The van der Waals surface area contributed by atoms with E-state index in [1.54, 1.807) is 11.7 Å². The van der Waals surface area contributed by atoms with Gasteiger partial charge in [-0.2, -0.15) is 13.2 Å². The molecule has 0 spiro atoms. The van der Waals surface area contributed by atoms with Crippen LogP contribution in [-0.4, -0.2) is 63.5 Å². The van der Waals surface area contributed by atoms with E-state index in [4.69, 9.17) is 5.73 Å². The fourth-order valence-electron chi connectivity index (χ4n) is 5.17. The number of hydrogen-bond acceptors (Lipinski definition) is 8. The van der Waals surface area contributed by atoms with Crippen LogP contribution in [0.5, 0.6) is 0 Å². The number of likely N-dealkylation sites (tertiary alicyclic amines) is 1. The van der Waals surface area contributed by atoms with Gasteiger partial charge in [-0.15, -0.1) is 11.3 Å². The fraction of sp³-hybridized carbons (Fsp3) is 0.440. The van der Waals surface area contributed by atoms with Crippen molar-refractivity contribution in [2.24, 2.45) is 5.73 Å². The van der Waals surface area contributed by atoms with Crippen LogP contribution in [0.25, 0.3) is 10.9 Å². The van der Waals surface area contributed by atoms with Crippen LogP contribution in [0.15, 0.2) is 36.0 Å². The molecule has 1 aromatic carbocycles. The summed E-state index contributed by atoms with van der Waals surface area (Å²) in [5.74, 6) is -1.16. The summed E-state index contributed by atoms with van der Waals surface area (Å²) in [4.78, 5) is 35.5. The number of aliphatic hydroxyl groups is 1.